The van der Waals surface area contributed by atoms with Crippen LogP contribution in [-0.4, -0.2) is 14.5 Å². The maximum Gasteiger partial charge on any atom is 0.335 e. The average Bonchev–Trinajstić information content (AvgIpc) is 2.82. The van der Waals surface area contributed by atoms with Crippen LogP contribution in [0.4, 0.5) is 0 Å². The first kappa shape index (κ1) is 11.2. The molecule has 1 aromatic carbocycles. The number of fused-ring (bicyclic) bond motifs is 1. The van der Waals surface area contributed by atoms with E-state index in [-0.39, 0.29) is 0 Å². The smallest absolute Gasteiger partial charge is 0.273 e. The zero-order chi connectivity index (χ0) is 12.7. The van der Waals surface area contributed by atoms with E-state index in [1.54, 1.807) is 29.8 Å². The molecule has 0 saturated heterocycles. The minimum atomic E-state index is -0.523. The van der Waals surface area contributed by atoms with Crippen LogP contribution in [0, 0.1) is 0 Å². The molecule has 0 atom stereocenters. The maximum absolute atomic E-state index is 11.9. The zero-order valence-electron chi connectivity index (χ0n) is 8.88. The van der Waals surface area contributed by atoms with Crippen molar-refractivity contribution in [2.75, 3.05) is 0 Å². The molecule has 90 valence electrons. The van der Waals surface area contributed by atoms with Crippen LogP contribution in [0.1, 0.15) is 0 Å². The number of hydrogen-bond acceptors (Lipinski definition) is 4. The summed E-state index contributed by atoms with van der Waals surface area (Å²) >= 11 is 7.22. The Hall–Kier alpha value is -1.92. The zero-order valence-corrected chi connectivity index (χ0v) is 10.5. The predicted octanol–water partition coefficient (Wildman–Crippen LogP) is 1.79. The molecule has 0 spiro atoms. The third-order valence-corrected chi connectivity index (χ3v) is 3.47. The van der Waals surface area contributed by atoms with Gasteiger partial charge in [-0.1, -0.05) is 11.6 Å². The molecule has 0 amide bonds. The maximum atomic E-state index is 11.9. The van der Waals surface area contributed by atoms with E-state index in [0.29, 0.717) is 21.1 Å². The normalized spacial score (nSPS) is 10.9. The fraction of sp³-hybridized carbons (Fsp3) is 0. The van der Waals surface area contributed by atoms with E-state index in [4.69, 9.17) is 11.6 Å². The predicted molar refractivity (Wildman–Crippen MR) is 70.8 cm³/mol. The Balaban J connectivity index is 2.55. The van der Waals surface area contributed by atoms with Crippen LogP contribution in [0.2, 0.25) is 5.02 Å². The van der Waals surface area contributed by atoms with Gasteiger partial charge in [-0.05, 0) is 18.2 Å². The van der Waals surface area contributed by atoms with Gasteiger partial charge in [0.05, 0.1) is 10.9 Å². The molecule has 3 rings (SSSR count). The van der Waals surface area contributed by atoms with E-state index in [0.717, 1.165) is 0 Å². The number of aromatic nitrogens is 3. The van der Waals surface area contributed by atoms with Gasteiger partial charge in [0.25, 0.3) is 5.56 Å². The van der Waals surface area contributed by atoms with Gasteiger partial charge in [0, 0.05) is 16.6 Å². The first-order chi connectivity index (χ1) is 8.66. The molecule has 0 fully saturated rings. The number of nitrogens with zero attached hydrogens (tertiary/aromatic N) is 2. The summed E-state index contributed by atoms with van der Waals surface area (Å²) in [6.07, 6.45) is 1.59. The number of rotatable bonds is 1. The lowest BCUT2D eigenvalue weighted by Crippen LogP contribution is -2.29. The van der Waals surface area contributed by atoms with Crippen LogP contribution in [-0.2, 0) is 0 Å². The monoisotopic (exact) mass is 279 g/mol. The molecule has 7 heteroatoms. The van der Waals surface area contributed by atoms with Gasteiger partial charge >= 0.3 is 5.69 Å². The highest BCUT2D eigenvalue weighted by Crippen LogP contribution is 2.19. The summed E-state index contributed by atoms with van der Waals surface area (Å²) in [6, 6.07) is 4.77. The second-order valence-corrected chi connectivity index (χ2v) is 4.88. The number of benzene rings is 1. The van der Waals surface area contributed by atoms with E-state index < -0.39 is 11.2 Å². The molecule has 1 N–H and O–H groups in total. The molecule has 0 aliphatic rings. The van der Waals surface area contributed by atoms with Gasteiger partial charge in [-0.3, -0.25) is 9.78 Å². The molecule has 18 heavy (non-hydrogen) atoms. The van der Waals surface area contributed by atoms with Gasteiger partial charge in [-0.2, -0.15) is 0 Å². The van der Waals surface area contributed by atoms with Gasteiger partial charge in [0.2, 0.25) is 0 Å². The molecule has 3 aromatic rings. The number of halogens is 1. The van der Waals surface area contributed by atoms with Crippen LogP contribution in [0.15, 0.2) is 39.4 Å². The van der Waals surface area contributed by atoms with E-state index in [9.17, 15) is 9.59 Å². The highest BCUT2D eigenvalue weighted by atomic mass is 35.5. The van der Waals surface area contributed by atoms with Crippen LogP contribution in [0.5, 0.6) is 0 Å². The van der Waals surface area contributed by atoms with Crippen molar-refractivity contribution in [1.82, 2.24) is 14.5 Å². The number of thiazole rings is 1. The lowest BCUT2D eigenvalue weighted by molar-refractivity contribution is 0.932. The Bertz CT molecular complexity index is 836. The summed E-state index contributed by atoms with van der Waals surface area (Å²) in [7, 11) is 0. The highest BCUT2D eigenvalue weighted by Gasteiger charge is 2.11. The van der Waals surface area contributed by atoms with E-state index in [1.807, 2.05) is 0 Å². The van der Waals surface area contributed by atoms with E-state index in [1.165, 1.54) is 15.9 Å². The van der Waals surface area contributed by atoms with Gasteiger partial charge < -0.3 is 0 Å². The second kappa shape index (κ2) is 4.08. The molecule has 0 aliphatic heterocycles. The minimum Gasteiger partial charge on any atom is -0.273 e. The Morgan fingerprint density at radius 2 is 2.17 bits per heavy atom. The SMILES string of the molecule is O=c1[nH]c(=O)n(-c2nccs2)c2cc(Cl)ccc12. The summed E-state index contributed by atoms with van der Waals surface area (Å²) < 4.78 is 1.34. The third-order valence-electron chi connectivity index (χ3n) is 2.48. The van der Waals surface area contributed by atoms with Crippen molar-refractivity contribution >= 4 is 33.8 Å². The van der Waals surface area contributed by atoms with E-state index in [2.05, 4.69) is 9.97 Å². The van der Waals surface area contributed by atoms with Crippen molar-refractivity contribution in [3.8, 4) is 5.13 Å². The molecular weight excluding hydrogens is 274 g/mol. The standard InChI is InChI=1S/C11H6ClN3O2S/c12-6-1-2-7-8(5-6)15(10(17)14-9(7)16)11-13-3-4-18-11/h1-5H,(H,14,16,17). The lowest BCUT2D eigenvalue weighted by Gasteiger charge is -2.06. The summed E-state index contributed by atoms with van der Waals surface area (Å²) in [5, 5.41) is 3.10. The van der Waals surface area contributed by atoms with Crippen molar-refractivity contribution in [3.63, 3.8) is 0 Å². The number of hydrogen-bond donors (Lipinski definition) is 1. The van der Waals surface area contributed by atoms with Crippen molar-refractivity contribution in [1.29, 1.82) is 0 Å². The Labute approximate surface area is 109 Å². The number of H-pyrrole nitrogens is 1. The number of nitrogens with one attached hydrogen (secondary N) is 1. The minimum absolute atomic E-state index is 0.397. The Morgan fingerprint density at radius 3 is 2.89 bits per heavy atom. The molecule has 0 saturated carbocycles. The first-order valence-electron chi connectivity index (χ1n) is 5.01. The summed E-state index contributed by atoms with van der Waals surface area (Å²) in [4.78, 5) is 29.9. The van der Waals surface area contributed by atoms with Crippen LogP contribution >= 0.6 is 22.9 Å². The van der Waals surface area contributed by atoms with Gasteiger partial charge in [-0.25, -0.2) is 14.3 Å². The summed E-state index contributed by atoms with van der Waals surface area (Å²) in [6.45, 7) is 0. The summed E-state index contributed by atoms with van der Waals surface area (Å²) in [5.74, 6) is 0. The van der Waals surface area contributed by atoms with Crippen LogP contribution in [0.3, 0.4) is 0 Å². The number of aromatic amines is 1. The van der Waals surface area contributed by atoms with Crippen LogP contribution < -0.4 is 11.2 Å². The largest absolute Gasteiger partial charge is 0.335 e. The molecule has 2 aromatic heterocycles. The van der Waals surface area contributed by atoms with Crippen molar-refractivity contribution in [3.05, 3.63) is 55.6 Å². The lowest BCUT2D eigenvalue weighted by atomic mass is 10.2. The molecule has 0 bridgehead atoms. The average molecular weight is 280 g/mol. The van der Waals surface area contributed by atoms with Crippen molar-refractivity contribution in [2.45, 2.75) is 0 Å². The molecule has 5 nitrogen and oxygen atoms in total. The van der Waals surface area contributed by atoms with Crippen molar-refractivity contribution in [2.24, 2.45) is 0 Å². The fourth-order valence-corrected chi connectivity index (χ4v) is 2.55. The summed E-state index contributed by atoms with van der Waals surface area (Å²) in [5.41, 5.74) is -0.504. The first-order valence-corrected chi connectivity index (χ1v) is 6.27. The molecule has 0 unspecified atom stereocenters. The van der Waals surface area contributed by atoms with Gasteiger partial charge in [0.15, 0.2) is 5.13 Å². The molecule has 0 radical (unpaired) electrons. The third kappa shape index (κ3) is 1.66. The molecule has 2 heterocycles. The Kier molecular flexibility index (Phi) is 2.53. The molecular formula is C11H6ClN3O2S. The van der Waals surface area contributed by atoms with Gasteiger partial charge in [-0.15, -0.1) is 11.3 Å². The quantitative estimate of drug-likeness (QED) is 0.738. The highest BCUT2D eigenvalue weighted by molar-refractivity contribution is 7.12. The Morgan fingerprint density at radius 1 is 1.33 bits per heavy atom. The van der Waals surface area contributed by atoms with Crippen LogP contribution in [0.25, 0.3) is 16.0 Å². The second-order valence-electron chi connectivity index (χ2n) is 3.57. The fourth-order valence-electron chi connectivity index (χ4n) is 1.73. The van der Waals surface area contributed by atoms with E-state index >= 15 is 0 Å². The topological polar surface area (TPSA) is 67.8 Å². The van der Waals surface area contributed by atoms with Crippen molar-refractivity contribution < 1.29 is 0 Å². The van der Waals surface area contributed by atoms with Gasteiger partial charge in [0.1, 0.15) is 0 Å². The molecule has 0 aliphatic carbocycles.